The molecule has 0 heterocycles. The number of amides is 2. The van der Waals surface area contributed by atoms with Gasteiger partial charge in [0, 0.05) is 19.2 Å². The van der Waals surface area contributed by atoms with E-state index in [0.717, 1.165) is 7.05 Å². The Labute approximate surface area is 121 Å². The zero-order valence-corrected chi connectivity index (χ0v) is 11.2. The number of nitrogens with zero attached hydrogens (tertiary/aromatic N) is 1. The number of halogens is 5. The molecular weight excluding hydrogens is 315 g/mol. The number of phenolic OH excluding ortho intramolecular Hbond substituents is 1. The van der Waals surface area contributed by atoms with E-state index in [1.54, 1.807) is 0 Å². The first-order chi connectivity index (χ1) is 10.0. The highest BCUT2D eigenvalue weighted by Crippen LogP contribution is 2.21. The van der Waals surface area contributed by atoms with E-state index in [-0.39, 0.29) is 0 Å². The second kappa shape index (κ2) is 6.58. The second-order valence-corrected chi connectivity index (χ2v) is 4.33. The van der Waals surface area contributed by atoms with E-state index in [1.165, 1.54) is 0 Å². The third kappa shape index (κ3) is 4.86. The van der Waals surface area contributed by atoms with Gasteiger partial charge in [-0.2, -0.15) is 13.2 Å². The van der Waals surface area contributed by atoms with Crippen molar-refractivity contribution in [2.75, 3.05) is 20.1 Å². The standard InChI is InChI=1S/C12H11F5N2O3/c1-19(5-12(15,16)17)9(21)4-18-11(22)10-7(14)2-6(13)3-8(10)20/h2-3,20H,4-5H2,1H3,(H,18,22). The van der Waals surface area contributed by atoms with Crippen LogP contribution in [-0.4, -0.2) is 48.1 Å². The fourth-order valence-electron chi connectivity index (χ4n) is 1.52. The third-order valence-corrected chi connectivity index (χ3v) is 2.50. The number of hydrogen-bond acceptors (Lipinski definition) is 3. The Bertz CT molecular complexity index is 566. The molecule has 0 atom stereocenters. The van der Waals surface area contributed by atoms with Crippen LogP contribution in [0.15, 0.2) is 12.1 Å². The van der Waals surface area contributed by atoms with Gasteiger partial charge in [0.2, 0.25) is 5.91 Å². The lowest BCUT2D eigenvalue weighted by Crippen LogP contribution is -2.42. The molecule has 0 aliphatic rings. The van der Waals surface area contributed by atoms with E-state index in [1.807, 2.05) is 5.32 Å². The monoisotopic (exact) mass is 326 g/mol. The Balaban J connectivity index is 2.69. The highest BCUT2D eigenvalue weighted by molar-refractivity contribution is 5.98. The number of alkyl halides is 3. The van der Waals surface area contributed by atoms with Gasteiger partial charge in [-0.15, -0.1) is 0 Å². The summed E-state index contributed by atoms with van der Waals surface area (Å²) in [5, 5.41) is 11.1. The molecule has 0 unspecified atom stereocenters. The molecule has 0 saturated heterocycles. The number of nitrogens with one attached hydrogen (secondary N) is 1. The minimum Gasteiger partial charge on any atom is -0.507 e. The van der Waals surface area contributed by atoms with Gasteiger partial charge in [-0.1, -0.05) is 0 Å². The van der Waals surface area contributed by atoms with Gasteiger partial charge in [0.05, 0.1) is 6.54 Å². The first-order valence-corrected chi connectivity index (χ1v) is 5.78. The molecule has 10 heteroatoms. The molecule has 0 aliphatic heterocycles. The van der Waals surface area contributed by atoms with Crippen molar-refractivity contribution in [3.63, 3.8) is 0 Å². The molecular formula is C12H11F5N2O3. The molecule has 2 N–H and O–H groups in total. The number of likely N-dealkylation sites (N-methyl/N-ethyl adjacent to an activating group) is 1. The molecule has 5 nitrogen and oxygen atoms in total. The Morgan fingerprint density at radius 1 is 1.27 bits per heavy atom. The van der Waals surface area contributed by atoms with Gasteiger partial charge >= 0.3 is 6.18 Å². The average Bonchev–Trinajstić information content (AvgIpc) is 2.32. The van der Waals surface area contributed by atoms with Crippen molar-refractivity contribution in [2.24, 2.45) is 0 Å². The molecule has 2 amide bonds. The van der Waals surface area contributed by atoms with Crippen LogP contribution in [0, 0.1) is 11.6 Å². The lowest BCUT2D eigenvalue weighted by atomic mass is 10.1. The molecule has 1 rings (SSSR count). The maximum Gasteiger partial charge on any atom is 0.406 e. The van der Waals surface area contributed by atoms with Crippen LogP contribution in [0.2, 0.25) is 0 Å². The van der Waals surface area contributed by atoms with Crippen molar-refractivity contribution in [1.82, 2.24) is 10.2 Å². The van der Waals surface area contributed by atoms with Gasteiger partial charge in [0.25, 0.3) is 5.91 Å². The Hall–Kier alpha value is -2.39. The first kappa shape index (κ1) is 17.7. The van der Waals surface area contributed by atoms with Gasteiger partial charge in [0.1, 0.15) is 29.5 Å². The fourth-order valence-corrected chi connectivity index (χ4v) is 1.52. The summed E-state index contributed by atoms with van der Waals surface area (Å²) < 4.78 is 62.3. The lowest BCUT2D eigenvalue weighted by Gasteiger charge is -2.19. The van der Waals surface area contributed by atoms with Crippen molar-refractivity contribution in [2.45, 2.75) is 6.18 Å². The number of benzene rings is 1. The summed E-state index contributed by atoms with van der Waals surface area (Å²) in [7, 11) is 0.873. The summed E-state index contributed by atoms with van der Waals surface area (Å²) in [4.78, 5) is 23.3. The number of carbonyl (C=O) groups excluding carboxylic acids is 2. The predicted molar refractivity (Wildman–Crippen MR) is 64.0 cm³/mol. The smallest absolute Gasteiger partial charge is 0.406 e. The molecule has 22 heavy (non-hydrogen) atoms. The minimum absolute atomic E-state index is 0.321. The Kier molecular flexibility index (Phi) is 5.28. The summed E-state index contributed by atoms with van der Waals surface area (Å²) in [5.74, 6) is -5.82. The second-order valence-electron chi connectivity index (χ2n) is 4.33. The van der Waals surface area contributed by atoms with E-state index in [4.69, 9.17) is 0 Å². The van der Waals surface area contributed by atoms with Gasteiger partial charge in [0.15, 0.2) is 0 Å². The van der Waals surface area contributed by atoms with E-state index in [9.17, 15) is 36.6 Å². The Morgan fingerprint density at radius 2 is 1.86 bits per heavy atom. The summed E-state index contributed by atoms with van der Waals surface area (Å²) in [6.45, 7) is -2.36. The average molecular weight is 326 g/mol. The highest BCUT2D eigenvalue weighted by Gasteiger charge is 2.31. The Morgan fingerprint density at radius 3 is 2.36 bits per heavy atom. The quantitative estimate of drug-likeness (QED) is 0.822. The zero-order chi connectivity index (χ0) is 17.1. The molecule has 0 bridgehead atoms. The fraction of sp³-hybridized carbons (Fsp3) is 0.333. The minimum atomic E-state index is -4.60. The third-order valence-electron chi connectivity index (χ3n) is 2.50. The molecule has 1 aromatic carbocycles. The van der Waals surface area contributed by atoms with Crippen LogP contribution in [0.5, 0.6) is 5.75 Å². The number of carbonyl (C=O) groups is 2. The number of rotatable bonds is 4. The summed E-state index contributed by atoms with van der Waals surface area (Å²) in [6.07, 6.45) is -4.60. The van der Waals surface area contributed by atoms with Gasteiger partial charge in [-0.05, 0) is 0 Å². The number of aromatic hydroxyl groups is 1. The molecule has 0 aliphatic carbocycles. The SMILES string of the molecule is CN(CC(F)(F)F)C(=O)CNC(=O)c1c(O)cc(F)cc1F. The molecule has 0 aromatic heterocycles. The summed E-state index contributed by atoms with van der Waals surface area (Å²) in [5.41, 5.74) is -0.910. The summed E-state index contributed by atoms with van der Waals surface area (Å²) >= 11 is 0. The van der Waals surface area contributed by atoms with Crippen molar-refractivity contribution < 1.29 is 36.6 Å². The van der Waals surface area contributed by atoms with Crippen molar-refractivity contribution >= 4 is 11.8 Å². The van der Waals surface area contributed by atoms with E-state index in [0.29, 0.717) is 17.0 Å². The van der Waals surface area contributed by atoms with Crippen molar-refractivity contribution in [1.29, 1.82) is 0 Å². The molecule has 0 radical (unpaired) electrons. The van der Waals surface area contributed by atoms with E-state index < -0.39 is 54.0 Å². The van der Waals surface area contributed by atoms with Crippen LogP contribution in [0.25, 0.3) is 0 Å². The van der Waals surface area contributed by atoms with E-state index >= 15 is 0 Å². The number of hydrogen-bond donors (Lipinski definition) is 2. The largest absolute Gasteiger partial charge is 0.507 e. The normalized spacial score (nSPS) is 11.2. The summed E-state index contributed by atoms with van der Waals surface area (Å²) in [6, 6.07) is 0.821. The van der Waals surface area contributed by atoms with Crippen LogP contribution in [0.3, 0.4) is 0 Å². The molecule has 0 saturated carbocycles. The van der Waals surface area contributed by atoms with Gasteiger partial charge in [-0.3, -0.25) is 9.59 Å². The topological polar surface area (TPSA) is 69.6 Å². The molecule has 122 valence electrons. The van der Waals surface area contributed by atoms with Crippen LogP contribution in [0.1, 0.15) is 10.4 Å². The maximum atomic E-state index is 13.4. The maximum absolute atomic E-state index is 13.4. The predicted octanol–water partition coefficient (Wildman–Crippen LogP) is 1.42. The van der Waals surface area contributed by atoms with Crippen molar-refractivity contribution in [3.05, 3.63) is 29.3 Å². The lowest BCUT2D eigenvalue weighted by molar-refractivity contribution is -0.157. The van der Waals surface area contributed by atoms with Crippen molar-refractivity contribution in [3.8, 4) is 5.75 Å². The van der Waals surface area contributed by atoms with Crippen LogP contribution >= 0.6 is 0 Å². The molecule has 0 fully saturated rings. The molecule has 1 aromatic rings. The van der Waals surface area contributed by atoms with Crippen LogP contribution in [0.4, 0.5) is 22.0 Å². The van der Waals surface area contributed by atoms with E-state index in [2.05, 4.69) is 0 Å². The molecule has 0 spiro atoms. The van der Waals surface area contributed by atoms with Crippen LogP contribution in [-0.2, 0) is 4.79 Å². The van der Waals surface area contributed by atoms with Gasteiger partial charge in [-0.25, -0.2) is 8.78 Å². The number of phenols is 1. The first-order valence-electron chi connectivity index (χ1n) is 5.78. The van der Waals surface area contributed by atoms with Gasteiger partial charge < -0.3 is 15.3 Å². The highest BCUT2D eigenvalue weighted by atomic mass is 19.4. The van der Waals surface area contributed by atoms with Crippen LogP contribution < -0.4 is 5.32 Å². The zero-order valence-electron chi connectivity index (χ0n) is 11.2.